The number of carbonyl (C=O) groups is 2. The fourth-order valence-electron chi connectivity index (χ4n) is 0.721. The number of primary amides is 1. The monoisotopic (exact) mass is 216 g/mol. The summed E-state index contributed by atoms with van der Waals surface area (Å²) in [4.78, 5) is 25.5. The zero-order valence-electron chi connectivity index (χ0n) is 7.75. The van der Waals surface area contributed by atoms with Crippen LogP contribution < -0.4 is 11.5 Å². The zero-order chi connectivity index (χ0) is 11.8. The first-order valence-corrected chi connectivity index (χ1v) is 3.87. The van der Waals surface area contributed by atoms with E-state index in [1.54, 1.807) is 6.20 Å². The largest absolute Gasteiger partial charge is 0.480 e. The number of imidazole rings is 1. The third-order valence-corrected chi connectivity index (χ3v) is 1.31. The molecule has 0 spiro atoms. The molecule has 0 aromatic carbocycles. The van der Waals surface area contributed by atoms with Gasteiger partial charge in [-0.15, -0.1) is 0 Å². The van der Waals surface area contributed by atoms with Crippen molar-refractivity contribution in [3.8, 4) is 0 Å². The Kier molecular flexibility index (Phi) is 5.49. The van der Waals surface area contributed by atoms with Gasteiger partial charge in [-0.1, -0.05) is 0 Å². The predicted octanol–water partition coefficient (Wildman–Crippen LogP) is -1.01. The third-order valence-electron chi connectivity index (χ3n) is 1.31. The van der Waals surface area contributed by atoms with E-state index >= 15 is 0 Å². The highest BCUT2D eigenvalue weighted by Gasteiger charge is 2.11. The van der Waals surface area contributed by atoms with Gasteiger partial charge in [0.15, 0.2) is 0 Å². The van der Waals surface area contributed by atoms with Crippen molar-refractivity contribution in [2.75, 3.05) is 0 Å². The number of rotatable bonds is 3. The fraction of sp³-hybridized carbons (Fsp3) is 0.286. The lowest BCUT2D eigenvalue weighted by molar-refractivity contribution is -0.138. The molecular formula is C7H12N4O4. The van der Waals surface area contributed by atoms with E-state index in [0.717, 1.165) is 5.69 Å². The second-order valence-corrected chi connectivity index (χ2v) is 2.56. The van der Waals surface area contributed by atoms with Crippen LogP contribution in [0.4, 0.5) is 4.79 Å². The maximum atomic E-state index is 10.3. The Hall–Kier alpha value is -2.09. The van der Waals surface area contributed by atoms with Gasteiger partial charge in [-0.2, -0.15) is 0 Å². The number of hydrogen-bond donors (Lipinski definition) is 5. The molecule has 1 heterocycles. The fourth-order valence-corrected chi connectivity index (χ4v) is 0.721. The van der Waals surface area contributed by atoms with Gasteiger partial charge in [-0.3, -0.25) is 4.79 Å². The molecule has 0 aliphatic carbocycles. The normalized spacial score (nSPS) is 11.0. The molecule has 1 unspecified atom stereocenters. The topological polar surface area (TPSA) is 155 Å². The summed E-state index contributed by atoms with van der Waals surface area (Å²) < 4.78 is 0. The molecule has 84 valence electrons. The molecule has 1 amide bonds. The summed E-state index contributed by atoms with van der Waals surface area (Å²) in [5, 5.41) is 15.6. The maximum absolute atomic E-state index is 10.3. The Morgan fingerprint density at radius 3 is 2.40 bits per heavy atom. The molecule has 0 saturated heterocycles. The number of aromatic amines is 1. The van der Waals surface area contributed by atoms with Gasteiger partial charge in [0.2, 0.25) is 0 Å². The molecule has 7 N–H and O–H groups in total. The number of H-pyrrole nitrogens is 1. The minimum absolute atomic E-state index is 0.287. The number of nitrogens with one attached hydrogen (secondary N) is 1. The van der Waals surface area contributed by atoms with Crippen LogP contribution in [0.1, 0.15) is 5.69 Å². The Balaban J connectivity index is 0.000000423. The first-order valence-electron chi connectivity index (χ1n) is 3.87. The number of carboxylic acids is 1. The molecule has 0 radical (unpaired) electrons. The van der Waals surface area contributed by atoms with Crippen molar-refractivity contribution in [1.82, 2.24) is 9.97 Å². The molecule has 0 aliphatic heterocycles. The molecule has 8 heteroatoms. The standard InChI is InChI=1S/C6H9N3O2.CH3NO2/c7-5(6(10)11)1-4-2-8-3-9-4;2-1(3)4/h2-3,5H,1,7H2,(H,8,9)(H,10,11);2H2,(H,3,4). The molecule has 1 atom stereocenters. The van der Waals surface area contributed by atoms with Gasteiger partial charge in [0.25, 0.3) is 0 Å². The number of nitrogens with zero attached hydrogens (tertiary/aromatic N) is 1. The van der Waals surface area contributed by atoms with E-state index in [2.05, 4.69) is 15.7 Å². The van der Waals surface area contributed by atoms with Gasteiger partial charge in [0, 0.05) is 18.3 Å². The minimum atomic E-state index is -1.33. The summed E-state index contributed by atoms with van der Waals surface area (Å²) >= 11 is 0. The summed E-state index contributed by atoms with van der Waals surface area (Å²) in [5.74, 6) is -1.00. The van der Waals surface area contributed by atoms with E-state index in [0.29, 0.717) is 0 Å². The molecule has 0 bridgehead atoms. The zero-order valence-corrected chi connectivity index (χ0v) is 7.75. The average molecular weight is 216 g/mol. The van der Waals surface area contributed by atoms with Crippen molar-refractivity contribution in [2.45, 2.75) is 12.5 Å². The van der Waals surface area contributed by atoms with E-state index in [1.165, 1.54) is 6.33 Å². The first kappa shape index (κ1) is 12.9. The van der Waals surface area contributed by atoms with Crippen LogP contribution in [-0.4, -0.2) is 38.3 Å². The van der Waals surface area contributed by atoms with Gasteiger partial charge < -0.3 is 26.7 Å². The molecule has 0 saturated carbocycles. The second-order valence-electron chi connectivity index (χ2n) is 2.56. The number of aliphatic carboxylic acids is 1. The van der Waals surface area contributed by atoms with Crippen LogP contribution in [0.15, 0.2) is 12.5 Å². The van der Waals surface area contributed by atoms with E-state index in [4.69, 9.17) is 20.7 Å². The van der Waals surface area contributed by atoms with E-state index in [1.807, 2.05) is 0 Å². The summed E-state index contributed by atoms with van der Waals surface area (Å²) in [7, 11) is 0. The average Bonchev–Trinajstić information content (AvgIpc) is 2.55. The Morgan fingerprint density at radius 1 is 1.53 bits per heavy atom. The van der Waals surface area contributed by atoms with Gasteiger partial charge >= 0.3 is 12.1 Å². The molecule has 1 aromatic heterocycles. The minimum Gasteiger partial charge on any atom is -0.480 e. The van der Waals surface area contributed by atoms with Gasteiger partial charge in [-0.05, 0) is 0 Å². The van der Waals surface area contributed by atoms with E-state index in [-0.39, 0.29) is 6.42 Å². The van der Waals surface area contributed by atoms with Crippen LogP contribution in [-0.2, 0) is 11.2 Å². The lowest BCUT2D eigenvalue weighted by Crippen LogP contribution is -2.32. The molecule has 15 heavy (non-hydrogen) atoms. The van der Waals surface area contributed by atoms with Crippen LogP contribution in [0.5, 0.6) is 0 Å². The summed E-state index contributed by atoms with van der Waals surface area (Å²) in [6, 6.07) is -0.851. The van der Waals surface area contributed by atoms with Crippen LogP contribution in [0.25, 0.3) is 0 Å². The van der Waals surface area contributed by atoms with E-state index in [9.17, 15) is 4.79 Å². The van der Waals surface area contributed by atoms with Gasteiger partial charge in [0.1, 0.15) is 6.04 Å². The lowest BCUT2D eigenvalue weighted by atomic mass is 10.2. The number of amides is 1. The molecular weight excluding hydrogens is 204 g/mol. The lowest BCUT2D eigenvalue weighted by Gasteiger charge is -2.02. The van der Waals surface area contributed by atoms with Crippen molar-refractivity contribution in [3.63, 3.8) is 0 Å². The van der Waals surface area contributed by atoms with Gasteiger partial charge in [0.05, 0.1) is 6.33 Å². The summed E-state index contributed by atoms with van der Waals surface area (Å²) in [5.41, 5.74) is 10.0. The highest BCUT2D eigenvalue weighted by Crippen LogP contribution is 1.95. The van der Waals surface area contributed by atoms with Crippen molar-refractivity contribution >= 4 is 12.1 Å². The summed E-state index contributed by atoms with van der Waals surface area (Å²) in [6.07, 6.45) is 2.00. The molecule has 8 nitrogen and oxygen atoms in total. The highest BCUT2D eigenvalue weighted by molar-refractivity contribution is 5.73. The number of hydrogen-bond acceptors (Lipinski definition) is 4. The van der Waals surface area contributed by atoms with Gasteiger partial charge in [-0.25, -0.2) is 9.78 Å². The van der Waals surface area contributed by atoms with Crippen LogP contribution in [0.2, 0.25) is 0 Å². The number of aromatic nitrogens is 2. The number of carboxylic acid groups (broad SMARTS) is 2. The highest BCUT2D eigenvalue weighted by atomic mass is 16.4. The smallest absolute Gasteiger partial charge is 0.402 e. The molecule has 1 aromatic rings. The van der Waals surface area contributed by atoms with Crippen molar-refractivity contribution in [3.05, 3.63) is 18.2 Å². The Labute approximate surface area is 84.9 Å². The third kappa shape index (κ3) is 7.02. The maximum Gasteiger partial charge on any atom is 0.402 e. The SMILES string of the molecule is NC(=O)O.NC(Cc1cnc[nH]1)C(=O)O. The van der Waals surface area contributed by atoms with Crippen molar-refractivity contribution in [2.24, 2.45) is 11.5 Å². The Bertz CT molecular complexity index is 307. The first-order chi connectivity index (χ1) is 6.93. The molecule has 0 fully saturated rings. The summed E-state index contributed by atoms with van der Waals surface area (Å²) in [6.45, 7) is 0. The van der Waals surface area contributed by atoms with Crippen LogP contribution >= 0.6 is 0 Å². The van der Waals surface area contributed by atoms with Crippen molar-refractivity contribution < 1.29 is 19.8 Å². The second kappa shape index (κ2) is 6.38. The number of nitrogens with two attached hydrogens (primary N) is 2. The molecule has 0 aliphatic rings. The Morgan fingerprint density at radius 2 is 2.07 bits per heavy atom. The predicted molar refractivity (Wildman–Crippen MR) is 50.1 cm³/mol. The van der Waals surface area contributed by atoms with Crippen LogP contribution in [0, 0.1) is 0 Å². The quantitative estimate of drug-likeness (QED) is 0.435. The van der Waals surface area contributed by atoms with Crippen LogP contribution in [0.3, 0.4) is 0 Å². The molecule has 1 rings (SSSR count). The van der Waals surface area contributed by atoms with E-state index < -0.39 is 18.1 Å². The van der Waals surface area contributed by atoms with Crippen molar-refractivity contribution in [1.29, 1.82) is 0 Å².